The summed E-state index contributed by atoms with van der Waals surface area (Å²) in [6.45, 7) is 1.03. The molecule has 3 aromatic carbocycles. The van der Waals surface area contributed by atoms with Gasteiger partial charge in [-0.15, -0.1) is 0 Å². The quantitative estimate of drug-likeness (QED) is 0.394. The molecule has 0 saturated heterocycles. The number of aromatic nitrogens is 4. The van der Waals surface area contributed by atoms with Crippen molar-refractivity contribution in [3.63, 3.8) is 0 Å². The minimum Gasteiger partial charge on any atom is -0.357 e. The van der Waals surface area contributed by atoms with Gasteiger partial charge in [-0.25, -0.2) is 8.78 Å². The lowest BCUT2D eigenvalue weighted by atomic mass is 9.91. The second kappa shape index (κ2) is 7.94. The standard InChI is InChI=1S/C26H21F2N5/c27-21-9-4-7-18(24(21)28)15-33-12-11-20-19-8-1-2-10-22(19)30-25(20)26(33)17-6-3-5-16(13-17)23-14-29-32-31-23/h1-10,13-14,26,30H,11-12,15H2,(H,29,31,32). The van der Waals surface area contributed by atoms with Gasteiger partial charge in [-0.2, -0.15) is 15.4 Å². The first kappa shape index (κ1) is 19.8. The van der Waals surface area contributed by atoms with E-state index in [-0.39, 0.29) is 6.04 Å². The monoisotopic (exact) mass is 441 g/mol. The topological polar surface area (TPSA) is 60.6 Å². The molecule has 33 heavy (non-hydrogen) atoms. The van der Waals surface area contributed by atoms with Crippen molar-refractivity contribution in [1.29, 1.82) is 0 Å². The summed E-state index contributed by atoms with van der Waals surface area (Å²) < 4.78 is 28.5. The highest BCUT2D eigenvalue weighted by atomic mass is 19.2. The van der Waals surface area contributed by atoms with Crippen LogP contribution in [0.15, 0.2) is 72.9 Å². The highest BCUT2D eigenvalue weighted by molar-refractivity contribution is 5.85. The summed E-state index contributed by atoms with van der Waals surface area (Å²) >= 11 is 0. The molecule has 0 radical (unpaired) electrons. The number of nitrogens with one attached hydrogen (secondary N) is 2. The van der Waals surface area contributed by atoms with Gasteiger partial charge in [-0.3, -0.25) is 4.90 Å². The lowest BCUT2D eigenvalue weighted by molar-refractivity contribution is 0.199. The molecule has 1 atom stereocenters. The Morgan fingerprint density at radius 1 is 1.00 bits per heavy atom. The van der Waals surface area contributed by atoms with Crippen LogP contribution in [0.5, 0.6) is 0 Å². The molecule has 0 aliphatic carbocycles. The number of para-hydroxylation sites is 1. The van der Waals surface area contributed by atoms with Crippen LogP contribution in [-0.2, 0) is 13.0 Å². The van der Waals surface area contributed by atoms with Gasteiger partial charge in [0.05, 0.1) is 12.2 Å². The van der Waals surface area contributed by atoms with E-state index in [1.807, 2.05) is 24.3 Å². The van der Waals surface area contributed by atoms with Crippen molar-refractivity contribution in [2.75, 3.05) is 6.54 Å². The molecule has 0 saturated carbocycles. The van der Waals surface area contributed by atoms with Crippen LogP contribution in [0.2, 0.25) is 0 Å². The molecular weight excluding hydrogens is 420 g/mol. The minimum absolute atomic E-state index is 0.143. The SMILES string of the molecule is Fc1cccc(CN2CCc3c([nH]c4ccccc34)C2c2cccc(-c3cn[nH]n3)c2)c1F. The molecule has 0 amide bonds. The maximum absolute atomic E-state index is 14.6. The third-order valence-corrected chi connectivity index (χ3v) is 6.45. The first-order chi connectivity index (χ1) is 16.2. The Morgan fingerprint density at radius 3 is 2.76 bits per heavy atom. The fraction of sp³-hybridized carbons (Fsp3) is 0.154. The Morgan fingerprint density at radius 2 is 1.88 bits per heavy atom. The first-order valence-electron chi connectivity index (χ1n) is 10.9. The van der Waals surface area contributed by atoms with Gasteiger partial charge < -0.3 is 4.98 Å². The zero-order valence-corrected chi connectivity index (χ0v) is 17.7. The van der Waals surface area contributed by atoms with Crippen molar-refractivity contribution in [2.24, 2.45) is 0 Å². The third kappa shape index (κ3) is 3.41. The number of aromatic amines is 2. The molecule has 5 nitrogen and oxygen atoms in total. The summed E-state index contributed by atoms with van der Waals surface area (Å²) in [5.74, 6) is -1.60. The Hall–Kier alpha value is -3.84. The van der Waals surface area contributed by atoms with Gasteiger partial charge in [0.15, 0.2) is 11.6 Å². The van der Waals surface area contributed by atoms with E-state index in [1.54, 1.807) is 18.3 Å². The molecule has 1 aliphatic rings. The number of hydrogen-bond acceptors (Lipinski definition) is 3. The molecule has 6 rings (SSSR count). The summed E-state index contributed by atoms with van der Waals surface area (Å²) in [6.07, 6.45) is 2.52. The number of benzene rings is 3. The van der Waals surface area contributed by atoms with E-state index in [1.165, 1.54) is 10.9 Å². The van der Waals surface area contributed by atoms with Gasteiger partial charge in [0.2, 0.25) is 0 Å². The number of H-pyrrole nitrogens is 2. The summed E-state index contributed by atoms with van der Waals surface area (Å²) in [4.78, 5) is 5.82. The normalized spacial score (nSPS) is 16.2. The molecule has 0 spiro atoms. The van der Waals surface area contributed by atoms with E-state index in [0.29, 0.717) is 12.1 Å². The third-order valence-electron chi connectivity index (χ3n) is 6.45. The molecule has 7 heteroatoms. The van der Waals surface area contributed by atoms with E-state index in [2.05, 4.69) is 49.6 Å². The summed E-state index contributed by atoms with van der Waals surface area (Å²) in [6, 6.07) is 20.7. The molecular formula is C26H21F2N5. The summed E-state index contributed by atoms with van der Waals surface area (Å²) in [5.41, 5.74) is 6.56. The summed E-state index contributed by atoms with van der Waals surface area (Å²) in [7, 11) is 0. The smallest absolute Gasteiger partial charge is 0.163 e. The van der Waals surface area contributed by atoms with Crippen LogP contribution in [-0.4, -0.2) is 31.8 Å². The molecule has 2 N–H and O–H groups in total. The lowest BCUT2D eigenvalue weighted by Crippen LogP contribution is -2.36. The Kier molecular flexibility index (Phi) is 4.77. The number of fused-ring (bicyclic) bond motifs is 3. The average molecular weight is 441 g/mol. The van der Waals surface area contributed by atoms with Crippen LogP contribution in [0.4, 0.5) is 8.78 Å². The molecule has 5 aromatic rings. The fourth-order valence-electron chi connectivity index (χ4n) is 4.94. The highest BCUT2D eigenvalue weighted by Gasteiger charge is 2.32. The van der Waals surface area contributed by atoms with Gasteiger partial charge in [0.1, 0.15) is 5.69 Å². The van der Waals surface area contributed by atoms with E-state index in [4.69, 9.17) is 0 Å². The predicted molar refractivity (Wildman–Crippen MR) is 122 cm³/mol. The number of hydrogen-bond donors (Lipinski definition) is 2. The Balaban J connectivity index is 1.49. The van der Waals surface area contributed by atoms with Gasteiger partial charge in [0, 0.05) is 40.8 Å². The molecule has 0 fully saturated rings. The van der Waals surface area contributed by atoms with Crippen LogP contribution in [0.25, 0.3) is 22.2 Å². The van der Waals surface area contributed by atoms with Crippen LogP contribution in [0.1, 0.15) is 28.4 Å². The van der Waals surface area contributed by atoms with Crippen LogP contribution >= 0.6 is 0 Å². The maximum atomic E-state index is 14.6. The predicted octanol–water partition coefficient (Wildman–Crippen LogP) is 5.38. The molecule has 1 unspecified atom stereocenters. The zero-order valence-electron chi connectivity index (χ0n) is 17.7. The number of rotatable bonds is 4. The van der Waals surface area contributed by atoms with Crippen LogP contribution in [0, 0.1) is 11.6 Å². The largest absolute Gasteiger partial charge is 0.357 e. The van der Waals surface area contributed by atoms with Crippen molar-refractivity contribution in [3.8, 4) is 11.3 Å². The van der Waals surface area contributed by atoms with Gasteiger partial charge >= 0.3 is 0 Å². The second-order valence-corrected chi connectivity index (χ2v) is 8.38. The Bertz CT molecular complexity index is 1440. The fourth-order valence-corrected chi connectivity index (χ4v) is 4.94. The van der Waals surface area contributed by atoms with E-state index >= 15 is 0 Å². The molecule has 3 heterocycles. The molecule has 2 aromatic heterocycles. The van der Waals surface area contributed by atoms with Gasteiger partial charge in [-0.05, 0) is 35.7 Å². The van der Waals surface area contributed by atoms with Crippen molar-refractivity contribution >= 4 is 10.9 Å². The van der Waals surface area contributed by atoms with E-state index in [0.717, 1.165) is 47.1 Å². The van der Waals surface area contributed by atoms with Crippen molar-refractivity contribution in [2.45, 2.75) is 19.0 Å². The van der Waals surface area contributed by atoms with Gasteiger partial charge in [0.25, 0.3) is 0 Å². The van der Waals surface area contributed by atoms with Crippen molar-refractivity contribution < 1.29 is 8.78 Å². The van der Waals surface area contributed by atoms with Gasteiger partial charge in [-0.1, -0.05) is 48.5 Å². The maximum Gasteiger partial charge on any atom is 0.163 e. The number of nitrogens with zero attached hydrogens (tertiary/aromatic N) is 3. The second-order valence-electron chi connectivity index (χ2n) is 8.38. The zero-order chi connectivity index (χ0) is 22.4. The van der Waals surface area contributed by atoms with Crippen molar-refractivity contribution in [3.05, 3.63) is 107 Å². The average Bonchev–Trinajstić information content (AvgIpc) is 3.50. The van der Waals surface area contributed by atoms with Crippen molar-refractivity contribution in [1.82, 2.24) is 25.3 Å². The van der Waals surface area contributed by atoms with Crippen LogP contribution < -0.4 is 0 Å². The molecule has 1 aliphatic heterocycles. The van der Waals surface area contributed by atoms with E-state index < -0.39 is 11.6 Å². The first-order valence-corrected chi connectivity index (χ1v) is 10.9. The summed E-state index contributed by atoms with van der Waals surface area (Å²) in [5, 5.41) is 12.0. The van der Waals surface area contributed by atoms with Crippen LogP contribution in [0.3, 0.4) is 0 Å². The molecule has 0 bridgehead atoms. The minimum atomic E-state index is -0.819. The number of halogens is 2. The van der Waals surface area contributed by atoms with E-state index in [9.17, 15) is 8.78 Å². The highest BCUT2D eigenvalue weighted by Crippen LogP contribution is 2.40. The Labute approximate surface area is 189 Å². The molecule has 164 valence electrons. The lowest BCUT2D eigenvalue weighted by Gasteiger charge is -2.36.